The van der Waals surface area contributed by atoms with Gasteiger partial charge >= 0.3 is 0 Å². The number of carbonyl (C=O) groups excluding carboxylic acids is 1. The van der Waals surface area contributed by atoms with E-state index in [0.29, 0.717) is 28.0 Å². The molecule has 0 N–H and O–H groups in total. The molecule has 0 aliphatic heterocycles. The van der Waals surface area contributed by atoms with Crippen LogP contribution in [0.1, 0.15) is 16.1 Å². The molecule has 2 heterocycles. The van der Waals surface area contributed by atoms with Gasteiger partial charge in [0.2, 0.25) is 5.78 Å². The number of methoxy groups -OCH3 is 1. The molecule has 0 aliphatic rings. The standard InChI is InChI=1S/C14H12N4O2/c1-18-14-10(7-17-18)12(15-8-16-14)13(19)9-5-3-4-6-11(9)20-2/h3-8H,1-2H3. The average molecular weight is 268 g/mol. The summed E-state index contributed by atoms with van der Waals surface area (Å²) in [4.78, 5) is 20.9. The molecule has 0 bridgehead atoms. The third-order valence-electron chi connectivity index (χ3n) is 3.10. The largest absolute Gasteiger partial charge is 0.496 e. The van der Waals surface area contributed by atoms with Crippen molar-refractivity contribution < 1.29 is 9.53 Å². The van der Waals surface area contributed by atoms with E-state index in [-0.39, 0.29) is 5.78 Å². The van der Waals surface area contributed by atoms with E-state index in [1.807, 2.05) is 6.07 Å². The van der Waals surface area contributed by atoms with Crippen LogP contribution in [0.3, 0.4) is 0 Å². The Hall–Kier alpha value is -2.76. The minimum atomic E-state index is -0.206. The topological polar surface area (TPSA) is 69.9 Å². The first-order valence-electron chi connectivity index (χ1n) is 6.03. The first kappa shape index (κ1) is 12.3. The Morgan fingerprint density at radius 3 is 2.85 bits per heavy atom. The lowest BCUT2D eigenvalue weighted by Gasteiger charge is -2.07. The molecule has 0 radical (unpaired) electrons. The van der Waals surface area contributed by atoms with E-state index in [9.17, 15) is 4.79 Å². The number of nitrogens with zero attached hydrogens (tertiary/aromatic N) is 4. The second kappa shape index (κ2) is 4.73. The minimum Gasteiger partial charge on any atom is -0.496 e. The lowest BCUT2D eigenvalue weighted by molar-refractivity contribution is 0.103. The second-order valence-electron chi connectivity index (χ2n) is 4.26. The van der Waals surface area contributed by atoms with Gasteiger partial charge in [0.1, 0.15) is 17.8 Å². The van der Waals surface area contributed by atoms with E-state index in [1.165, 1.54) is 13.4 Å². The number of carbonyl (C=O) groups is 1. The Morgan fingerprint density at radius 1 is 1.25 bits per heavy atom. The van der Waals surface area contributed by atoms with E-state index in [2.05, 4.69) is 15.1 Å². The summed E-state index contributed by atoms with van der Waals surface area (Å²) in [6, 6.07) is 7.06. The van der Waals surface area contributed by atoms with E-state index < -0.39 is 0 Å². The van der Waals surface area contributed by atoms with Crippen molar-refractivity contribution in [2.24, 2.45) is 7.05 Å². The Balaban J connectivity index is 2.18. The van der Waals surface area contributed by atoms with Gasteiger partial charge in [-0.25, -0.2) is 9.97 Å². The van der Waals surface area contributed by atoms with Crippen LogP contribution in [0.15, 0.2) is 36.8 Å². The Kier molecular flexibility index (Phi) is 2.90. The summed E-state index contributed by atoms with van der Waals surface area (Å²) in [6.45, 7) is 0. The van der Waals surface area contributed by atoms with Gasteiger partial charge in [-0.1, -0.05) is 12.1 Å². The number of aryl methyl sites for hydroxylation is 1. The molecule has 0 unspecified atom stereocenters. The molecule has 1 aromatic carbocycles. The van der Waals surface area contributed by atoms with Crippen LogP contribution in [0.25, 0.3) is 11.0 Å². The van der Waals surface area contributed by atoms with Crippen LogP contribution >= 0.6 is 0 Å². The van der Waals surface area contributed by atoms with Crippen molar-refractivity contribution in [3.8, 4) is 5.75 Å². The third-order valence-corrected chi connectivity index (χ3v) is 3.10. The highest BCUT2D eigenvalue weighted by atomic mass is 16.5. The van der Waals surface area contributed by atoms with Crippen LogP contribution in [0.4, 0.5) is 0 Å². The van der Waals surface area contributed by atoms with Gasteiger partial charge in [-0.3, -0.25) is 9.48 Å². The SMILES string of the molecule is COc1ccccc1C(=O)c1ncnc2c1cnn2C. The average Bonchev–Trinajstić information content (AvgIpc) is 2.88. The molecule has 0 aliphatic carbocycles. The molecule has 6 nitrogen and oxygen atoms in total. The first-order valence-corrected chi connectivity index (χ1v) is 6.03. The highest BCUT2D eigenvalue weighted by molar-refractivity contribution is 6.15. The number of fused-ring (bicyclic) bond motifs is 1. The lowest BCUT2D eigenvalue weighted by atomic mass is 10.1. The molecule has 3 aromatic rings. The van der Waals surface area contributed by atoms with E-state index in [0.717, 1.165) is 0 Å². The molecular formula is C14H12N4O2. The number of hydrogen-bond donors (Lipinski definition) is 0. The molecule has 6 heteroatoms. The summed E-state index contributed by atoms with van der Waals surface area (Å²) in [5.41, 5.74) is 1.42. The fourth-order valence-electron chi connectivity index (χ4n) is 2.10. The van der Waals surface area contributed by atoms with E-state index in [4.69, 9.17) is 4.74 Å². The molecule has 0 fully saturated rings. The number of rotatable bonds is 3. The second-order valence-corrected chi connectivity index (χ2v) is 4.26. The fraction of sp³-hybridized carbons (Fsp3) is 0.143. The summed E-state index contributed by atoms with van der Waals surface area (Å²) in [6.07, 6.45) is 2.96. The first-order chi connectivity index (χ1) is 9.72. The molecule has 0 spiro atoms. The molecular weight excluding hydrogens is 256 g/mol. The zero-order valence-corrected chi connectivity index (χ0v) is 11.1. The maximum Gasteiger partial charge on any atom is 0.215 e. The summed E-state index contributed by atoms with van der Waals surface area (Å²) in [5.74, 6) is 0.316. The molecule has 20 heavy (non-hydrogen) atoms. The Morgan fingerprint density at radius 2 is 2.05 bits per heavy atom. The van der Waals surface area contributed by atoms with E-state index in [1.54, 1.807) is 36.1 Å². The van der Waals surface area contributed by atoms with Gasteiger partial charge in [-0.05, 0) is 12.1 Å². The van der Waals surface area contributed by atoms with Crippen molar-refractivity contribution in [1.29, 1.82) is 0 Å². The quantitative estimate of drug-likeness (QED) is 0.675. The van der Waals surface area contributed by atoms with Crippen LogP contribution in [-0.4, -0.2) is 32.6 Å². The van der Waals surface area contributed by atoms with Crippen LogP contribution in [0, 0.1) is 0 Å². The lowest BCUT2D eigenvalue weighted by Crippen LogP contribution is -2.07. The number of para-hydroxylation sites is 1. The van der Waals surface area contributed by atoms with Gasteiger partial charge in [-0.2, -0.15) is 5.10 Å². The van der Waals surface area contributed by atoms with Gasteiger partial charge in [0.15, 0.2) is 5.65 Å². The molecule has 100 valence electrons. The number of benzene rings is 1. The van der Waals surface area contributed by atoms with Crippen molar-refractivity contribution in [1.82, 2.24) is 19.7 Å². The predicted octanol–water partition coefficient (Wildman–Crippen LogP) is 1.60. The number of ether oxygens (including phenoxy) is 1. The third kappa shape index (κ3) is 1.82. The van der Waals surface area contributed by atoms with Crippen LogP contribution in [0.2, 0.25) is 0 Å². The van der Waals surface area contributed by atoms with Gasteiger partial charge in [0.25, 0.3) is 0 Å². The van der Waals surface area contributed by atoms with Gasteiger partial charge in [-0.15, -0.1) is 0 Å². The van der Waals surface area contributed by atoms with Crippen LogP contribution in [-0.2, 0) is 7.05 Å². The van der Waals surface area contributed by atoms with Crippen molar-refractivity contribution in [2.75, 3.05) is 7.11 Å². The zero-order chi connectivity index (χ0) is 14.1. The van der Waals surface area contributed by atoms with Crippen LogP contribution < -0.4 is 4.74 Å². The Bertz CT molecular complexity index is 795. The number of hydrogen-bond acceptors (Lipinski definition) is 5. The summed E-state index contributed by atoms with van der Waals surface area (Å²) >= 11 is 0. The van der Waals surface area contributed by atoms with Crippen LogP contribution in [0.5, 0.6) is 5.75 Å². The zero-order valence-electron chi connectivity index (χ0n) is 11.1. The Labute approximate surface area is 115 Å². The summed E-state index contributed by atoms with van der Waals surface area (Å²) in [5, 5.41) is 4.74. The highest BCUT2D eigenvalue weighted by Crippen LogP contribution is 2.23. The number of aromatic nitrogens is 4. The van der Waals surface area contributed by atoms with Crippen molar-refractivity contribution in [3.05, 3.63) is 48.0 Å². The molecule has 0 amide bonds. The molecule has 0 saturated heterocycles. The fourth-order valence-corrected chi connectivity index (χ4v) is 2.10. The maximum atomic E-state index is 12.6. The highest BCUT2D eigenvalue weighted by Gasteiger charge is 2.19. The molecule has 3 rings (SSSR count). The van der Waals surface area contributed by atoms with E-state index >= 15 is 0 Å². The van der Waals surface area contributed by atoms with Gasteiger partial charge in [0, 0.05) is 7.05 Å². The minimum absolute atomic E-state index is 0.206. The molecule has 0 atom stereocenters. The van der Waals surface area contributed by atoms with Gasteiger partial charge in [0.05, 0.1) is 24.3 Å². The van der Waals surface area contributed by atoms with Crippen molar-refractivity contribution in [2.45, 2.75) is 0 Å². The van der Waals surface area contributed by atoms with Crippen molar-refractivity contribution >= 4 is 16.8 Å². The predicted molar refractivity (Wildman–Crippen MR) is 72.7 cm³/mol. The summed E-state index contributed by atoms with van der Waals surface area (Å²) in [7, 11) is 3.30. The molecule has 0 saturated carbocycles. The smallest absolute Gasteiger partial charge is 0.215 e. The van der Waals surface area contributed by atoms with Gasteiger partial charge < -0.3 is 4.74 Å². The normalized spacial score (nSPS) is 10.7. The monoisotopic (exact) mass is 268 g/mol. The maximum absolute atomic E-state index is 12.6. The summed E-state index contributed by atoms with van der Waals surface area (Å²) < 4.78 is 6.83. The van der Waals surface area contributed by atoms with Crippen molar-refractivity contribution in [3.63, 3.8) is 0 Å². The number of ketones is 1. The molecule has 2 aromatic heterocycles.